The van der Waals surface area contributed by atoms with Gasteiger partial charge < -0.3 is 10.2 Å². The first-order valence-electron chi connectivity index (χ1n) is 6.51. The van der Waals surface area contributed by atoms with Crippen LogP contribution in [0, 0.1) is 5.92 Å². The number of benzene rings is 1. The van der Waals surface area contributed by atoms with E-state index in [4.69, 9.17) is 10.2 Å². The molecule has 1 aromatic carbocycles. The number of amides is 2. The topological polar surface area (TPSA) is 121 Å². The van der Waals surface area contributed by atoms with Crippen molar-refractivity contribution in [2.45, 2.75) is 24.3 Å². The Morgan fingerprint density at radius 3 is 2.36 bits per heavy atom. The Morgan fingerprint density at radius 2 is 1.82 bits per heavy atom. The molecule has 120 valence electrons. The molecule has 22 heavy (non-hydrogen) atoms. The first-order valence-corrected chi connectivity index (χ1v) is 7.92. The van der Waals surface area contributed by atoms with Gasteiger partial charge in [-0.25, -0.2) is 0 Å². The molecule has 1 fully saturated rings. The fourth-order valence-electron chi connectivity index (χ4n) is 2.03. The van der Waals surface area contributed by atoms with Crippen molar-refractivity contribution in [2.75, 3.05) is 6.61 Å². The lowest BCUT2D eigenvalue weighted by Gasteiger charge is -2.14. The van der Waals surface area contributed by atoms with Gasteiger partial charge >= 0.3 is 10.1 Å². The molecular weight excluding hydrogens is 314 g/mol. The molecular formula is C13H15NO7S. The number of hydrogen-bond acceptors (Lipinski definition) is 7. The van der Waals surface area contributed by atoms with Crippen molar-refractivity contribution in [2.24, 2.45) is 5.92 Å². The van der Waals surface area contributed by atoms with Crippen LogP contribution in [0.25, 0.3) is 0 Å². The lowest BCUT2D eigenvalue weighted by Crippen LogP contribution is -2.33. The molecule has 0 bridgehead atoms. The zero-order valence-electron chi connectivity index (χ0n) is 11.5. The van der Waals surface area contributed by atoms with E-state index in [9.17, 15) is 18.0 Å². The Morgan fingerprint density at radius 1 is 1.18 bits per heavy atom. The van der Waals surface area contributed by atoms with Gasteiger partial charge in [0.1, 0.15) is 0 Å². The average molecular weight is 329 g/mol. The van der Waals surface area contributed by atoms with Gasteiger partial charge in [-0.1, -0.05) is 12.1 Å². The third kappa shape index (κ3) is 3.33. The van der Waals surface area contributed by atoms with E-state index in [1.54, 1.807) is 0 Å². The van der Waals surface area contributed by atoms with E-state index in [-0.39, 0.29) is 36.0 Å². The number of carbonyl (C=O) groups excluding carboxylic acids is 2. The predicted octanol–water partition coefficient (Wildman–Crippen LogP) is -0.443. The van der Waals surface area contributed by atoms with E-state index in [0.29, 0.717) is 5.56 Å². The number of aliphatic hydroxyl groups excluding tert-OH is 2. The Balaban J connectivity index is 2.17. The molecule has 8 nitrogen and oxygen atoms in total. The smallest absolute Gasteiger partial charge is 0.318 e. The molecule has 1 atom stereocenters. The maximum absolute atomic E-state index is 12.1. The van der Waals surface area contributed by atoms with Crippen LogP contribution >= 0.6 is 0 Å². The summed E-state index contributed by atoms with van der Waals surface area (Å²) in [6, 6.07) is 5.19. The van der Waals surface area contributed by atoms with Gasteiger partial charge in [0.25, 0.3) is 11.8 Å². The van der Waals surface area contributed by atoms with Gasteiger partial charge in [0.05, 0.1) is 17.4 Å². The van der Waals surface area contributed by atoms with Crippen molar-refractivity contribution in [1.29, 1.82) is 0 Å². The minimum absolute atomic E-state index is 0.0652. The summed E-state index contributed by atoms with van der Waals surface area (Å²) in [6.07, 6.45) is -0.131. The summed E-state index contributed by atoms with van der Waals surface area (Å²) in [5.41, 5.74) is 0.510. The molecule has 1 heterocycles. The highest BCUT2D eigenvalue weighted by atomic mass is 32.2. The number of hydroxylamine groups is 2. The fourth-order valence-corrected chi connectivity index (χ4v) is 2.94. The van der Waals surface area contributed by atoms with Crippen molar-refractivity contribution in [3.63, 3.8) is 0 Å². The number of rotatable bonds is 6. The van der Waals surface area contributed by atoms with Gasteiger partial charge in [-0.05, 0) is 24.1 Å². The minimum atomic E-state index is -4.33. The number of nitrogens with zero attached hydrogens (tertiary/aromatic N) is 1. The fraction of sp³-hybridized carbons (Fsp3) is 0.385. The SMILES string of the molecule is O=C1CC(CCO)C(=O)N1OS(=O)(=O)c1ccc(CO)cc1. The average Bonchev–Trinajstić information content (AvgIpc) is 2.75. The molecule has 0 aliphatic carbocycles. The number of hydrogen-bond donors (Lipinski definition) is 2. The van der Waals surface area contributed by atoms with E-state index in [1.165, 1.54) is 24.3 Å². The number of imide groups is 1. The Kier molecular flexibility index (Phi) is 4.91. The van der Waals surface area contributed by atoms with Crippen molar-refractivity contribution < 1.29 is 32.5 Å². The summed E-state index contributed by atoms with van der Waals surface area (Å²) in [7, 11) is -4.33. The molecule has 0 spiro atoms. The maximum Gasteiger partial charge on any atom is 0.318 e. The molecule has 1 aliphatic heterocycles. The molecule has 9 heteroatoms. The molecule has 2 amide bonds. The highest BCUT2D eigenvalue weighted by Crippen LogP contribution is 2.25. The van der Waals surface area contributed by atoms with Crippen LogP contribution in [0.5, 0.6) is 0 Å². The van der Waals surface area contributed by atoms with Gasteiger partial charge in [0.2, 0.25) is 0 Å². The molecule has 2 rings (SSSR count). The lowest BCUT2D eigenvalue weighted by atomic mass is 10.1. The van der Waals surface area contributed by atoms with Crippen molar-refractivity contribution >= 4 is 21.9 Å². The Bertz CT molecular complexity index is 668. The van der Waals surface area contributed by atoms with E-state index >= 15 is 0 Å². The van der Waals surface area contributed by atoms with Crippen LogP contribution in [-0.4, -0.2) is 42.1 Å². The number of aliphatic hydroxyl groups is 2. The second-order valence-corrected chi connectivity index (χ2v) is 6.30. The molecule has 0 radical (unpaired) electrons. The highest BCUT2D eigenvalue weighted by Gasteiger charge is 2.42. The molecule has 1 aliphatic rings. The predicted molar refractivity (Wildman–Crippen MR) is 72.3 cm³/mol. The normalized spacial score (nSPS) is 19.0. The molecule has 2 N–H and O–H groups in total. The summed E-state index contributed by atoms with van der Waals surface area (Å²) < 4.78 is 28.7. The largest absolute Gasteiger partial charge is 0.396 e. The minimum Gasteiger partial charge on any atom is -0.396 e. The Labute approximate surface area is 127 Å². The second-order valence-electron chi connectivity index (χ2n) is 4.77. The van der Waals surface area contributed by atoms with Gasteiger partial charge in [-0.2, -0.15) is 8.42 Å². The van der Waals surface area contributed by atoms with Crippen LogP contribution in [0.3, 0.4) is 0 Å². The third-order valence-electron chi connectivity index (χ3n) is 3.24. The quantitative estimate of drug-likeness (QED) is 0.678. The first-order chi connectivity index (χ1) is 10.4. The van der Waals surface area contributed by atoms with Crippen LogP contribution < -0.4 is 0 Å². The van der Waals surface area contributed by atoms with Gasteiger partial charge in [-0.3, -0.25) is 9.59 Å². The highest BCUT2D eigenvalue weighted by molar-refractivity contribution is 7.86. The molecule has 1 unspecified atom stereocenters. The summed E-state index contributed by atoms with van der Waals surface area (Å²) in [5.74, 6) is -2.32. The summed E-state index contributed by atoms with van der Waals surface area (Å²) in [5, 5.41) is 18.0. The summed E-state index contributed by atoms with van der Waals surface area (Å²) in [6.45, 7) is -0.528. The van der Waals surface area contributed by atoms with Gasteiger partial charge in [-0.15, -0.1) is 9.35 Å². The first kappa shape index (κ1) is 16.6. The van der Waals surface area contributed by atoms with Crippen LogP contribution in [-0.2, 0) is 30.6 Å². The van der Waals surface area contributed by atoms with Crippen LogP contribution in [0.15, 0.2) is 29.2 Å². The zero-order chi connectivity index (χ0) is 16.3. The van der Waals surface area contributed by atoms with E-state index < -0.39 is 27.9 Å². The van der Waals surface area contributed by atoms with Crippen LogP contribution in [0.1, 0.15) is 18.4 Å². The Hall–Kier alpha value is -1.81. The maximum atomic E-state index is 12.1. The van der Waals surface area contributed by atoms with Crippen LogP contribution in [0.2, 0.25) is 0 Å². The van der Waals surface area contributed by atoms with E-state index in [2.05, 4.69) is 4.28 Å². The summed E-state index contributed by atoms with van der Waals surface area (Å²) >= 11 is 0. The molecule has 0 aromatic heterocycles. The molecule has 1 aromatic rings. The third-order valence-corrected chi connectivity index (χ3v) is 4.44. The van der Waals surface area contributed by atoms with Crippen molar-refractivity contribution in [1.82, 2.24) is 5.06 Å². The zero-order valence-corrected chi connectivity index (χ0v) is 12.3. The standard InChI is InChI=1S/C13H15NO7S/c15-6-5-10-7-12(17)14(13(10)18)21-22(19,20)11-3-1-9(8-16)2-4-11/h1-4,10,15-16H,5-8H2. The lowest BCUT2D eigenvalue weighted by molar-refractivity contribution is -0.165. The van der Waals surface area contributed by atoms with Gasteiger partial charge in [0, 0.05) is 13.0 Å². The van der Waals surface area contributed by atoms with Crippen LogP contribution in [0.4, 0.5) is 0 Å². The van der Waals surface area contributed by atoms with E-state index in [1.807, 2.05) is 0 Å². The number of carbonyl (C=O) groups is 2. The monoisotopic (exact) mass is 329 g/mol. The van der Waals surface area contributed by atoms with Gasteiger partial charge in [0.15, 0.2) is 0 Å². The summed E-state index contributed by atoms with van der Waals surface area (Å²) in [4.78, 5) is 23.3. The van der Waals surface area contributed by atoms with E-state index in [0.717, 1.165) is 0 Å². The second kappa shape index (κ2) is 6.53. The van der Waals surface area contributed by atoms with Crippen molar-refractivity contribution in [3.8, 4) is 0 Å². The van der Waals surface area contributed by atoms with Crippen molar-refractivity contribution in [3.05, 3.63) is 29.8 Å². The molecule has 1 saturated heterocycles. The molecule has 0 saturated carbocycles.